The van der Waals surface area contributed by atoms with Crippen molar-refractivity contribution in [2.75, 3.05) is 5.75 Å². The maximum Gasteiger partial charge on any atom is 0.0703 e. The van der Waals surface area contributed by atoms with Gasteiger partial charge in [0.15, 0.2) is 0 Å². The Bertz CT molecular complexity index is 403. The van der Waals surface area contributed by atoms with Crippen molar-refractivity contribution in [3.05, 3.63) is 22.1 Å². The first-order chi connectivity index (χ1) is 9.16. The zero-order chi connectivity index (χ0) is 13.4. The molecule has 1 aliphatic heterocycles. The molecule has 3 rings (SSSR count). The molecule has 2 radical (unpaired) electrons. The quantitative estimate of drug-likeness (QED) is 0.642. The van der Waals surface area contributed by atoms with Crippen LogP contribution in [0, 0.1) is 17.8 Å². The summed E-state index contributed by atoms with van der Waals surface area (Å²) in [7, 11) is 6.04. The van der Waals surface area contributed by atoms with E-state index in [4.69, 9.17) is 7.85 Å². The van der Waals surface area contributed by atoms with Crippen LogP contribution in [0.4, 0.5) is 0 Å². The molecule has 0 nitrogen and oxygen atoms in total. The van der Waals surface area contributed by atoms with E-state index in [9.17, 15) is 0 Å². The molecule has 0 N–H and O–H groups in total. The standard InChI is InChI=1S/C17H25BS/c1-11(2)15-10-19-17(16(15)12-4-3-5-12)13-6-8-14(18)9-7-13/h6,11-12,14-15H,3-5,7-10H2,1-2H3. The molecule has 1 saturated carbocycles. The van der Waals surface area contributed by atoms with Crippen LogP contribution in [0.15, 0.2) is 22.1 Å². The highest BCUT2D eigenvalue weighted by Crippen LogP contribution is 2.52. The zero-order valence-electron chi connectivity index (χ0n) is 12.3. The van der Waals surface area contributed by atoms with Gasteiger partial charge in [0.25, 0.3) is 0 Å². The minimum atomic E-state index is 0.406. The Morgan fingerprint density at radius 2 is 2.05 bits per heavy atom. The smallest absolute Gasteiger partial charge is 0.0703 e. The Hall–Kier alpha value is -0.105. The number of hydrogen-bond acceptors (Lipinski definition) is 1. The van der Waals surface area contributed by atoms with Crippen LogP contribution >= 0.6 is 11.8 Å². The molecule has 0 amide bonds. The number of rotatable bonds is 3. The third-order valence-electron chi connectivity index (χ3n) is 5.16. The normalized spacial score (nSPS) is 32.7. The second kappa shape index (κ2) is 5.72. The third kappa shape index (κ3) is 2.70. The van der Waals surface area contributed by atoms with Crippen LogP contribution in [0.25, 0.3) is 0 Å². The van der Waals surface area contributed by atoms with Crippen LogP contribution in [-0.4, -0.2) is 13.6 Å². The Kier molecular flexibility index (Phi) is 4.17. The van der Waals surface area contributed by atoms with E-state index >= 15 is 0 Å². The van der Waals surface area contributed by atoms with Gasteiger partial charge >= 0.3 is 0 Å². The third-order valence-corrected chi connectivity index (χ3v) is 6.47. The van der Waals surface area contributed by atoms with Crippen LogP contribution in [0.5, 0.6) is 0 Å². The van der Waals surface area contributed by atoms with Crippen molar-refractivity contribution in [1.82, 2.24) is 0 Å². The van der Waals surface area contributed by atoms with Crippen LogP contribution < -0.4 is 0 Å². The molecule has 0 aromatic heterocycles. The highest BCUT2D eigenvalue weighted by Gasteiger charge is 2.37. The van der Waals surface area contributed by atoms with Gasteiger partial charge in [-0.05, 0) is 54.6 Å². The molecule has 0 saturated heterocycles. The zero-order valence-corrected chi connectivity index (χ0v) is 13.1. The number of allylic oxidation sites excluding steroid dienone is 3. The lowest BCUT2D eigenvalue weighted by Gasteiger charge is -2.33. The minimum absolute atomic E-state index is 0.406. The molecule has 2 atom stereocenters. The van der Waals surface area contributed by atoms with E-state index < -0.39 is 0 Å². The fourth-order valence-corrected chi connectivity index (χ4v) is 5.38. The summed E-state index contributed by atoms with van der Waals surface area (Å²) in [5, 5.41) is 0. The van der Waals surface area contributed by atoms with Gasteiger partial charge in [-0.2, -0.15) is 0 Å². The van der Waals surface area contributed by atoms with E-state index in [0.717, 1.165) is 24.2 Å². The molecule has 2 aliphatic carbocycles. The van der Waals surface area contributed by atoms with Crippen molar-refractivity contribution in [2.45, 2.75) is 58.2 Å². The molecular weight excluding hydrogens is 247 g/mol. The van der Waals surface area contributed by atoms with Crippen molar-refractivity contribution in [1.29, 1.82) is 0 Å². The summed E-state index contributed by atoms with van der Waals surface area (Å²) in [5.74, 6) is 4.27. The van der Waals surface area contributed by atoms with Crippen molar-refractivity contribution < 1.29 is 0 Å². The average Bonchev–Trinajstić information content (AvgIpc) is 2.72. The van der Waals surface area contributed by atoms with E-state index in [1.807, 2.05) is 5.57 Å². The van der Waals surface area contributed by atoms with Crippen LogP contribution in [0.3, 0.4) is 0 Å². The van der Waals surface area contributed by atoms with Gasteiger partial charge in [-0.1, -0.05) is 38.6 Å². The lowest BCUT2D eigenvalue weighted by molar-refractivity contribution is 0.320. The van der Waals surface area contributed by atoms with Gasteiger partial charge in [-0.25, -0.2) is 0 Å². The van der Waals surface area contributed by atoms with Gasteiger partial charge in [0.1, 0.15) is 0 Å². The summed E-state index contributed by atoms with van der Waals surface area (Å²) < 4.78 is 0. The molecule has 102 valence electrons. The molecule has 0 bridgehead atoms. The first kappa shape index (κ1) is 13.9. The van der Waals surface area contributed by atoms with Gasteiger partial charge in [0, 0.05) is 10.7 Å². The monoisotopic (exact) mass is 272 g/mol. The number of hydrogen-bond donors (Lipinski definition) is 0. The highest BCUT2D eigenvalue weighted by atomic mass is 32.2. The lowest BCUT2D eigenvalue weighted by Crippen LogP contribution is -2.22. The molecule has 1 heterocycles. The van der Waals surface area contributed by atoms with Gasteiger partial charge in [0.2, 0.25) is 0 Å². The summed E-state index contributed by atoms with van der Waals surface area (Å²) in [6.45, 7) is 4.80. The first-order valence-electron chi connectivity index (χ1n) is 7.98. The molecule has 2 heteroatoms. The predicted molar refractivity (Wildman–Crippen MR) is 86.6 cm³/mol. The van der Waals surface area contributed by atoms with E-state index in [1.54, 1.807) is 10.5 Å². The van der Waals surface area contributed by atoms with Crippen molar-refractivity contribution >= 4 is 19.6 Å². The fraction of sp³-hybridized carbons (Fsp3) is 0.765. The fourth-order valence-electron chi connectivity index (χ4n) is 3.61. The summed E-state index contributed by atoms with van der Waals surface area (Å²) in [6, 6.07) is 0. The maximum atomic E-state index is 6.04. The maximum absolute atomic E-state index is 6.04. The summed E-state index contributed by atoms with van der Waals surface area (Å²) in [6.07, 6.45) is 10.2. The Morgan fingerprint density at radius 1 is 1.26 bits per heavy atom. The largest absolute Gasteiger partial charge is 0.125 e. The Labute approximate surface area is 123 Å². The van der Waals surface area contributed by atoms with Crippen LogP contribution in [0.1, 0.15) is 52.4 Å². The van der Waals surface area contributed by atoms with Crippen LogP contribution in [-0.2, 0) is 0 Å². The average molecular weight is 272 g/mol. The molecule has 1 fully saturated rings. The lowest BCUT2D eigenvalue weighted by atomic mass is 9.71. The molecule has 0 aromatic rings. The first-order valence-corrected chi connectivity index (χ1v) is 8.97. The van der Waals surface area contributed by atoms with Gasteiger partial charge in [-0.3, -0.25) is 0 Å². The van der Waals surface area contributed by atoms with Gasteiger partial charge in [-0.15, -0.1) is 11.8 Å². The Morgan fingerprint density at radius 3 is 2.58 bits per heavy atom. The molecule has 0 aromatic carbocycles. The molecule has 19 heavy (non-hydrogen) atoms. The van der Waals surface area contributed by atoms with Gasteiger partial charge < -0.3 is 0 Å². The predicted octanol–water partition coefficient (Wildman–Crippen LogP) is 5.13. The molecular formula is C17H25BS. The Balaban J connectivity index is 1.89. The summed E-state index contributed by atoms with van der Waals surface area (Å²) in [4.78, 5) is 1.69. The SMILES string of the molecule is [B]C1CC=C(C2=C(C3CCC3)C(C(C)C)CS2)CC1. The van der Waals surface area contributed by atoms with Crippen molar-refractivity contribution in [2.24, 2.45) is 17.8 Å². The summed E-state index contributed by atoms with van der Waals surface area (Å²) >= 11 is 2.14. The van der Waals surface area contributed by atoms with Crippen LogP contribution in [0.2, 0.25) is 5.82 Å². The summed E-state index contributed by atoms with van der Waals surface area (Å²) in [5.41, 5.74) is 3.48. The van der Waals surface area contributed by atoms with E-state index in [2.05, 4.69) is 31.7 Å². The minimum Gasteiger partial charge on any atom is -0.125 e. The second-order valence-electron chi connectivity index (χ2n) is 6.84. The van der Waals surface area contributed by atoms with Gasteiger partial charge in [0.05, 0.1) is 7.85 Å². The van der Waals surface area contributed by atoms with E-state index in [0.29, 0.717) is 5.82 Å². The van der Waals surface area contributed by atoms with Crippen molar-refractivity contribution in [3.8, 4) is 0 Å². The highest BCUT2D eigenvalue weighted by molar-refractivity contribution is 8.03. The molecule has 0 spiro atoms. The molecule has 2 unspecified atom stereocenters. The second-order valence-corrected chi connectivity index (χ2v) is 7.87. The van der Waals surface area contributed by atoms with E-state index in [-0.39, 0.29) is 0 Å². The topological polar surface area (TPSA) is 0 Å². The molecule has 3 aliphatic rings. The number of thioether (sulfide) groups is 1. The van der Waals surface area contributed by atoms with Crippen molar-refractivity contribution in [3.63, 3.8) is 0 Å². The van der Waals surface area contributed by atoms with E-state index in [1.165, 1.54) is 37.9 Å².